The summed E-state index contributed by atoms with van der Waals surface area (Å²) in [5.74, 6) is 0. The summed E-state index contributed by atoms with van der Waals surface area (Å²) in [4.78, 5) is 21.2. The van der Waals surface area contributed by atoms with Crippen LogP contribution in [0.3, 0.4) is 0 Å². The zero-order chi connectivity index (χ0) is 87.6. The van der Waals surface area contributed by atoms with E-state index in [1.54, 1.807) is 0 Å². The fourth-order valence-corrected chi connectivity index (χ4v) is 21.4. The molecule has 5 heterocycles. The molecule has 0 saturated heterocycles. The highest BCUT2D eigenvalue weighted by atomic mass is 79.9. The minimum atomic E-state index is 0.724. The maximum Gasteiger partial charge on any atom is 0.0974 e. The summed E-state index contributed by atoms with van der Waals surface area (Å²) in [5, 5.41) is 20.9. The second-order valence-electron chi connectivity index (χ2n) is 34.3. The maximum atomic E-state index is 6.55. The molecule has 2 aliphatic carbocycles. The van der Waals surface area contributed by atoms with E-state index in [1.807, 2.05) is 54.6 Å². The van der Waals surface area contributed by atoms with Gasteiger partial charge >= 0.3 is 0 Å². The van der Waals surface area contributed by atoms with E-state index in [2.05, 4.69) is 412 Å². The molecule has 0 fully saturated rings. The highest BCUT2D eigenvalue weighted by molar-refractivity contribution is 9.10. The fourth-order valence-electron chi connectivity index (χ4n) is 20.5. The van der Waals surface area contributed by atoms with Gasteiger partial charge in [-0.3, -0.25) is 0 Å². The first-order chi connectivity index (χ1) is 65.1. The summed E-state index contributed by atoms with van der Waals surface area (Å²) in [6.07, 6.45) is 2.12. The van der Waals surface area contributed by atoms with Crippen LogP contribution in [0.1, 0.15) is 22.3 Å². The third kappa shape index (κ3) is 13.6. The summed E-state index contributed by atoms with van der Waals surface area (Å²) in [7, 11) is 0. The van der Waals surface area contributed by atoms with Crippen LogP contribution >= 0.6 is 39.1 Å². The van der Waals surface area contributed by atoms with Crippen LogP contribution in [0.5, 0.6) is 0 Å². The van der Waals surface area contributed by atoms with Crippen molar-refractivity contribution < 1.29 is 0 Å². The molecule has 0 amide bonds. The van der Waals surface area contributed by atoms with Crippen molar-refractivity contribution >= 4 is 180 Å². The topological polar surface area (TPSA) is 66.3 Å². The molecule has 0 aliphatic heterocycles. The molecule has 0 atom stereocenters. The van der Waals surface area contributed by atoms with Crippen LogP contribution in [0.2, 0.25) is 10.0 Å². The van der Waals surface area contributed by atoms with E-state index >= 15 is 0 Å². The van der Waals surface area contributed by atoms with E-state index in [0.717, 1.165) is 161 Å². The van der Waals surface area contributed by atoms with Gasteiger partial charge in [-0.05, 0) is 251 Å². The number of hydrogen-bond donors (Lipinski definition) is 0. The van der Waals surface area contributed by atoms with Gasteiger partial charge in [-0.25, -0.2) is 19.9 Å². The minimum Gasteiger partial charge on any atom is -0.309 e. The van der Waals surface area contributed by atoms with Crippen molar-refractivity contribution in [1.82, 2.24) is 33.6 Å². The first-order valence-corrected chi connectivity index (χ1v) is 46.2. The van der Waals surface area contributed by atoms with Gasteiger partial charge in [0.2, 0.25) is 0 Å². The van der Waals surface area contributed by atoms with Crippen LogP contribution < -0.4 is 0 Å². The number of halogens is 3. The van der Waals surface area contributed by atoms with Crippen LogP contribution in [0.15, 0.2) is 441 Å². The molecular weight excluding hydrogens is 1710 g/mol. The zero-order valence-corrected chi connectivity index (χ0v) is 74.3. The number of fused-ring (bicyclic) bond motifs is 23. The third-order valence-corrected chi connectivity index (χ3v) is 27.6. The van der Waals surface area contributed by atoms with Gasteiger partial charge in [-0.15, -0.1) is 0 Å². The molecular formula is C122H76BrCl2N7. The van der Waals surface area contributed by atoms with E-state index in [9.17, 15) is 0 Å². The molecule has 0 unspecified atom stereocenters. The molecule has 0 bridgehead atoms. The van der Waals surface area contributed by atoms with Gasteiger partial charge in [-0.2, -0.15) is 0 Å². The Kier molecular flexibility index (Phi) is 19.2. The predicted octanol–water partition coefficient (Wildman–Crippen LogP) is 33.6. The lowest BCUT2D eigenvalue weighted by Gasteiger charge is -2.16. The van der Waals surface area contributed by atoms with Crippen LogP contribution in [0.25, 0.3) is 226 Å². The highest BCUT2D eigenvalue weighted by Gasteiger charge is 2.26. The van der Waals surface area contributed by atoms with Gasteiger partial charge in [0.25, 0.3) is 0 Å². The van der Waals surface area contributed by atoms with Crippen molar-refractivity contribution in [2.45, 2.75) is 12.8 Å². The smallest absolute Gasteiger partial charge is 0.0974 e. The Morgan fingerprint density at radius 3 is 1.19 bits per heavy atom. The summed E-state index contributed by atoms with van der Waals surface area (Å²) in [5.41, 5.74) is 32.5. The Morgan fingerprint density at radius 2 is 0.614 bits per heavy atom. The third-order valence-electron chi connectivity index (χ3n) is 26.5. The SMILES string of the molecule is Brc1cc(-c2nc3ccccc3nc2-c2ccc3c4ccccc4n(-c4ccccc4)c3c2)cc2ccccc12.Clc1ccc2cc3c(cc2c1)Cc1ccccc1-3.Clc1ccc2cc3c4ccccc4n(-c4cc(-c5nc6ccccc6nc5-c5ccc6c7ccccc7n(-c7ccccc7)c6c5)cc5ccccc45)c3cc2c1.c1ccc2c(c1)Cc1ccc3ccccc3c1-2. The number of nitrogens with zero attached hydrogens (tertiary/aromatic N) is 7. The van der Waals surface area contributed by atoms with E-state index in [-0.39, 0.29) is 0 Å². The van der Waals surface area contributed by atoms with E-state index in [1.165, 1.54) is 115 Å². The Labute approximate surface area is 778 Å². The van der Waals surface area contributed by atoms with Crippen molar-refractivity contribution in [1.29, 1.82) is 0 Å². The maximum absolute atomic E-state index is 6.55. The lowest BCUT2D eigenvalue weighted by Crippen LogP contribution is -2.00. The number of rotatable bonds is 7. The van der Waals surface area contributed by atoms with Crippen molar-refractivity contribution in [2.75, 3.05) is 0 Å². The molecule has 7 nitrogen and oxygen atoms in total. The second kappa shape index (κ2) is 32.4. The summed E-state index contributed by atoms with van der Waals surface area (Å²) in [6.45, 7) is 0. The molecule has 0 spiro atoms. The van der Waals surface area contributed by atoms with Gasteiger partial charge in [0.1, 0.15) is 0 Å². The number of benzene rings is 21. The molecule has 620 valence electrons. The standard InChI is InChI=1S/C52H31ClN4.C36H22BrN3.C17H11Cl.C17H12/c53-37-24-22-32-28-43-41-17-7-11-21-47(41)57(50(43)30-35(32)27-37)48-31-36(26-33-12-4-5-15-39(33)48)52-51(54-44-18-8-9-19-45(44)55-52)34-23-25-42-40-16-6-10-20-46(40)56(49(42)29-34)38-13-2-1-3-14-38;37-30-21-25(20-23-10-4-5-13-27(23)30)36-35(38-31-15-7-8-16-32(31)39-36)24-18-19-29-28-14-6-9-17-33(28)40(34(29)22-24)26-11-2-1-3-12-26;18-15-6-5-11-10-17-14(8-13(11)9-15)7-12-3-1-2-4-16(12)17;1-3-7-15-12(5-1)9-10-14-11-13-6-2-4-8-16(13)17(14)15/h1-31H;1-22H;1-6,8-10H,7H2;1-10H,11H2. The number of aromatic nitrogens is 7. The van der Waals surface area contributed by atoms with Crippen molar-refractivity contribution in [3.8, 4) is 84.3 Å². The van der Waals surface area contributed by atoms with Gasteiger partial charge < -0.3 is 13.7 Å². The largest absolute Gasteiger partial charge is 0.309 e. The van der Waals surface area contributed by atoms with Gasteiger partial charge in [0.15, 0.2) is 0 Å². The first-order valence-electron chi connectivity index (χ1n) is 44.6. The summed E-state index contributed by atoms with van der Waals surface area (Å²) < 4.78 is 8.15. The average molecular weight is 1790 g/mol. The van der Waals surface area contributed by atoms with Gasteiger partial charge in [-0.1, -0.05) is 330 Å². The predicted molar refractivity (Wildman–Crippen MR) is 558 cm³/mol. The van der Waals surface area contributed by atoms with Crippen LogP contribution in [0.4, 0.5) is 0 Å². The quantitative estimate of drug-likeness (QED) is 0.159. The lowest BCUT2D eigenvalue weighted by molar-refractivity contribution is 1.18. The Hall–Kier alpha value is -15.9. The normalized spacial score (nSPS) is 12.0. The molecule has 26 aromatic rings. The van der Waals surface area contributed by atoms with Crippen LogP contribution in [-0.2, 0) is 12.8 Å². The van der Waals surface area contributed by atoms with Gasteiger partial charge in [0, 0.05) is 85.9 Å². The molecule has 0 saturated carbocycles. The molecule has 0 N–H and O–H groups in total. The molecule has 132 heavy (non-hydrogen) atoms. The number of para-hydroxylation sites is 9. The molecule has 28 rings (SSSR count). The van der Waals surface area contributed by atoms with Crippen molar-refractivity contribution in [2.24, 2.45) is 0 Å². The Balaban J connectivity index is 0.000000107. The average Bonchev–Trinajstić information content (AvgIpc) is 1.57. The zero-order valence-electron chi connectivity index (χ0n) is 71.2. The Morgan fingerprint density at radius 1 is 0.212 bits per heavy atom. The fraction of sp³-hybridized carbons (Fsp3) is 0.0164. The Bertz CT molecular complexity index is 9230. The summed E-state index contributed by atoms with van der Waals surface area (Å²) >= 11 is 16.4. The first kappa shape index (κ1) is 78.3. The number of hydrogen-bond acceptors (Lipinski definition) is 4. The van der Waals surface area contributed by atoms with E-state index in [4.69, 9.17) is 43.1 Å². The van der Waals surface area contributed by atoms with E-state index < -0.39 is 0 Å². The molecule has 2 aliphatic rings. The highest BCUT2D eigenvalue weighted by Crippen LogP contribution is 2.47. The van der Waals surface area contributed by atoms with Crippen molar-refractivity contribution in [3.05, 3.63) is 474 Å². The second-order valence-corrected chi connectivity index (χ2v) is 36.0. The molecule has 10 heteroatoms. The molecule has 5 aromatic heterocycles. The summed E-state index contributed by atoms with van der Waals surface area (Å²) in [6, 6.07) is 155. The molecule has 21 aromatic carbocycles. The minimum absolute atomic E-state index is 0.724. The van der Waals surface area contributed by atoms with Gasteiger partial charge in [0.05, 0.1) is 83.6 Å². The lowest BCUT2D eigenvalue weighted by atomic mass is 9.98. The van der Waals surface area contributed by atoms with Crippen LogP contribution in [-0.4, -0.2) is 33.6 Å². The monoisotopic (exact) mass is 1790 g/mol. The molecule has 0 radical (unpaired) electrons. The van der Waals surface area contributed by atoms with Crippen LogP contribution in [0, 0.1) is 0 Å². The van der Waals surface area contributed by atoms with Crippen molar-refractivity contribution in [3.63, 3.8) is 0 Å². The van der Waals surface area contributed by atoms with E-state index in [0.29, 0.717) is 0 Å².